The van der Waals surface area contributed by atoms with E-state index in [2.05, 4.69) is 19.1 Å². The molecule has 1 aromatic heterocycles. The minimum Gasteiger partial charge on any atom is -0.336 e. The maximum atomic E-state index is 13.2. The summed E-state index contributed by atoms with van der Waals surface area (Å²) in [5.41, 5.74) is 5.66. The third kappa shape index (κ3) is 3.75. The van der Waals surface area contributed by atoms with Crippen molar-refractivity contribution in [3.05, 3.63) is 76.5 Å². The number of hydrogen-bond donors (Lipinski definition) is 0. The Balaban J connectivity index is 1.88. The topological polar surface area (TPSA) is 57.0 Å². The minimum absolute atomic E-state index is 0.0562. The van der Waals surface area contributed by atoms with Crippen LogP contribution < -0.4 is 0 Å². The molecule has 0 aliphatic rings. The molecule has 3 rings (SSSR count). The summed E-state index contributed by atoms with van der Waals surface area (Å²) in [6.07, 6.45) is 0.337. The molecule has 4 heteroatoms. The molecule has 0 spiro atoms. The van der Waals surface area contributed by atoms with Crippen LogP contribution in [0.1, 0.15) is 47.8 Å². The Morgan fingerprint density at radius 3 is 2.46 bits per heavy atom. The fraction of sp³-hybridized carbons (Fsp3) is 0.292. The highest BCUT2D eigenvalue weighted by Gasteiger charge is 2.22. The van der Waals surface area contributed by atoms with Crippen molar-refractivity contribution in [3.63, 3.8) is 0 Å². The highest BCUT2D eigenvalue weighted by Crippen LogP contribution is 2.26. The van der Waals surface area contributed by atoms with E-state index in [1.165, 1.54) is 0 Å². The van der Waals surface area contributed by atoms with Gasteiger partial charge in [-0.1, -0.05) is 30.3 Å². The summed E-state index contributed by atoms with van der Waals surface area (Å²) in [6.45, 7) is 8.69. The molecule has 1 amide bonds. The summed E-state index contributed by atoms with van der Waals surface area (Å²) in [5, 5.41) is 10.1. The normalized spacial score (nSPS) is 11.8. The molecule has 0 saturated heterocycles. The first kappa shape index (κ1) is 19.6. The van der Waals surface area contributed by atoms with Crippen molar-refractivity contribution in [1.82, 2.24) is 9.88 Å². The lowest BCUT2D eigenvalue weighted by molar-refractivity contribution is -0.132. The van der Waals surface area contributed by atoms with Gasteiger partial charge in [-0.15, -0.1) is 0 Å². The molecule has 1 heterocycles. The van der Waals surface area contributed by atoms with Gasteiger partial charge in [0.25, 0.3) is 0 Å². The lowest BCUT2D eigenvalue weighted by atomic mass is 9.98. The van der Waals surface area contributed by atoms with Crippen molar-refractivity contribution in [2.75, 3.05) is 6.54 Å². The first-order valence-corrected chi connectivity index (χ1v) is 9.60. The molecule has 2 aromatic carbocycles. The monoisotopic (exact) mass is 371 g/mol. The van der Waals surface area contributed by atoms with E-state index in [1.807, 2.05) is 56.0 Å². The average molecular weight is 371 g/mol. The standard InChI is InChI=1S/C24H25N3O/c1-5-27(18(4)20-12-10-19(15-25)11-13-20)24(28)14-22-16(2)21-8-6-7-9-23(21)26-17(22)3/h6-13,18H,5,14H2,1-4H3. The Hall–Kier alpha value is -3.19. The van der Waals surface area contributed by atoms with Gasteiger partial charge in [0.1, 0.15) is 0 Å². The summed E-state index contributed by atoms with van der Waals surface area (Å²) >= 11 is 0. The zero-order chi connectivity index (χ0) is 20.3. The number of nitriles is 1. The minimum atomic E-state index is -0.0562. The molecule has 0 fully saturated rings. The Kier molecular flexibility index (Phi) is 5.75. The van der Waals surface area contributed by atoms with Gasteiger partial charge >= 0.3 is 0 Å². The van der Waals surface area contributed by atoms with Gasteiger partial charge in [-0.25, -0.2) is 0 Å². The van der Waals surface area contributed by atoms with Gasteiger partial charge < -0.3 is 4.90 Å². The second-order valence-corrected chi connectivity index (χ2v) is 7.08. The number of benzene rings is 2. The van der Waals surface area contributed by atoms with Crippen LogP contribution >= 0.6 is 0 Å². The Bertz CT molecular complexity index is 1050. The van der Waals surface area contributed by atoms with Gasteiger partial charge in [-0.3, -0.25) is 9.78 Å². The number of aryl methyl sites for hydroxylation is 2. The largest absolute Gasteiger partial charge is 0.336 e. The van der Waals surface area contributed by atoms with Gasteiger partial charge in [-0.2, -0.15) is 5.26 Å². The third-order valence-corrected chi connectivity index (χ3v) is 5.46. The van der Waals surface area contributed by atoms with E-state index < -0.39 is 0 Å². The SMILES string of the molecule is CCN(C(=O)Cc1c(C)nc2ccccc2c1C)C(C)c1ccc(C#N)cc1. The summed E-state index contributed by atoms with van der Waals surface area (Å²) in [7, 11) is 0. The molecular weight excluding hydrogens is 346 g/mol. The van der Waals surface area contributed by atoms with Crippen molar-refractivity contribution in [3.8, 4) is 6.07 Å². The summed E-state index contributed by atoms with van der Waals surface area (Å²) in [4.78, 5) is 19.7. The highest BCUT2D eigenvalue weighted by atomic mass is 16.2. The molecule has 0 N–H and O–H groups in total. The molecule has 0 saturated carbocycles. The maximum Gasteiger partial charge on any atom is 0.227 e. The Labute approximate surface area is 166 Å². The lowest BCUT2D eigenvalue weighted by Gasteiger charge is -2.29. The van der Waals surface area contributed by atoms with Crippen LogP contribution in [0.15, 0.2) is 48.5 Å². The number of pyridine rings is 1. The molecule has 0 aliphatic heterocycles. The van der Waals surface area contributed by atoms with Crippen LogP contribution in [0, 0.1) is 25.2 Å². The van der Waals surface area contributed by atoms with E-state index in [0.717, 1.165) is 33.3 Å². The molecule has 3 aromatic rings. The van der Waals surface area contributed by atoms with E-state index in [9.17, 15) is 4.79 Å². The third-order valence-electron chi connectivity index (χ3n) is 5.46. The molecule has 1 atom stereocenters. The van der Waals surface area contributed by atoms with Gasteiger partial charge in [0.2, 0.25) is 5.91 Å². The summed E-state index contributed by atoms with van der Waals surface area (Å²) < 4.78 is 0. The predicted octanol–water partition coefficient (Wildman–Crippen LogP) is 4.88. The van der Waals surface area contributed by atoms with E-state index in [4.69, 9.17) is 10.2 Å². The van der Waals surface area contributed by atoms with E-state index >= 15 is 0 Å². The summed E-state index contributed by atoms with van der Waals surface area (Å²) in [5.74, 6) is 0.0858. The van der Waals surface area contributed by atoms with Crippen LogP contribution in [-0.2, 0) is 11.2 Å². The zero-order valence-electron chi connectivity index (χ0n) is 16.9. The fourth-order valence-electron chi connectivity index (χ4n) is 3.77. The second-order valence-electron chi connectivity index (χ2n) is 7.08. The van der Waals surface area contributed by atoms with E-state index in [1.54, 1.807) is 12.1 Å². The number of aromatic nitrogens is 1. The molecule has 1 unspecified atom stereocenters. The molecule has 0 radical (unpaired) electrons. The van der Waals surface area contributed by atoms with Gasteiger partial charge in [0.15, 0.2) is 0 Å². The van der Waals surface area contributed by atoms with Crippen LogP contribution in [0.4, 0.5) is 0 Å². The lowest BCUT2D eigenvalue weighted by Crippen LogP contribution is -2.35. The van der Waals surface area contributed by atoms with Crippen LogP contribution in [-0.4, -0.2) is 22.3 Å². The predicted molar refractivity (Wildman–Crippen MR) is 112 cm³/mol. The van der Waals surface area contributed by atoms with Crippen LogP contribution in [0.25, 0.3) is 10.9 Å². The molecular formula is C24H25N3O. The van der Waals surface area contributed by atoms with Gasteiger partial charge in [-0.05, 0) is 62.6 Å². The van der Waals surface area contributed by atoms with Crippen LogP contribution in [0.3, 0.4) is 0 Å². The van der Waals surface area contributed by atoms with Crippen molar-refractivity contribution < 1.29 is 4.79 Å². The van der Waals surface area contributed by atoms with Gasteiger partial charge in [0.05, 0.1) is 29.6 Å². The number of nitrogens with zero attached hydrogens (tertiary/aromatic N) is 3. The Morgan fingerprint density at radius 1 is 1.14 bits per heavy atom. The fourth-order valence-corrected chi connectivity index (χ4v) is 3.77. The van der Waals surface area contributed by atoms with Crippen molar-refractivity contribution >= 4 is 16.8 Å². The number of rotatable bonds is 5. The number of hydrogen-bond acceptors (Lipinski definition) is 3. The molecule has 0 bridgehead atoms. The average Bonchev–Trinajstić information content (AvgIpc) is 2.71. The first-order valence-electron chi connectivity index (χ1n) is 9.60. The first-order chi connectivity index (χ1) is 13.5. The van der Waals surface area contributed by atoms with Crippen molar-refractivity contribution in [2.24, 2.45) is 0 Å². The zero-order valence-corrected chi connectivity index (χ0v) is 16.9. The quantitative estimate of drug-likeness (QED) is 0.642. The molecule has 0 aliphatic carbocycles. The van der Waals surface area contributed by atoms with Crippen molar-refractivity contribution in [2.45, 2.75) is 40.2 Å². The van der Waals surface area contributed by atoms with Crippen LogP contribution in [0.5, 0.6) is 0 Å². The number of amides is 1. The number of para-hydroxylation sites is 1. The van der Waals surface area contributed by atoms with Crippen LogP contribution in [0.2, 0.25) is 0 Å². The molecule has 142 valence electrons. The summed E-state index contributed by atoms with van der Waals surface area (Å²) in [6, 6.07) is 17.6. The highest BCUT2D eigenvalue weighted by molar-refractivity contribution is 5.86. The number of carbonyl (C=O) groups is 1. The number of fused-ring (bicyclic) bond motifs is 1. The maximum absolute atomic E-state index is 13.2. The molecule has 28 heavy (non-hydrogen) atoms. The molecule has 4 nitrogen and oxygen atoms in total. The second kappa shape index (κ2) is 8.22. The van der Waals surface area contributed by atoms with Gasteiger partial charge in [0, 0.05) is 17.6 Å². The smallest absolute Gasteiger partial charge is 0.227 e. The number of carbonyl (C=O) groups excluding carboxylic acids is 1. The Morgan fingerprint density at radius 2 is 1.82 bits per heavy atom. The van der Waals surface area contributed by atoms with E-state index in [0.29, 0.717) is 18.5 Å². The number of likely N-dealkylation sites (N-methyl/N-ethyl adjacent to an activating group) is 1. The van der Waals surface area contributed by atoms with Crippen molar-refractivity contribution in [1.29, 1.82) is 5.26 Å². The van der Waals surface area contributed by atoms with E-state index in [-0.39, 0.29) is 11.9 Å².